The lowest BCUT2D eigenvalue weighted by atomic mass is 9.78. The van der Waals surface area contributed by atoms with E-state index in [4.69, 9.17) is 21.1 Å². The summed E-state index contributed by atoms with van der Waals surface area (Å²) in [5, 5.41) is 3.55. The third-order valence-electron chi connectivity index (χ3n) is 4.59. The number of benzene rings is 1. The van der Waals surface area contributed by atoms with Gasteiger partial charge in [-0.1, -0.05) is 38.3 Å². The number of ether oxygens (including phenoxy) is 2. The number of carbonyl (C=O) groups excluding carboxylic acids is 2. The number of amides is 1. The van der Waals surface area contributed by atoms with Gasteiger partial charge in [0, 0.05) is 11.1 Å². The Labute approximate surface area is 147 Å². The minimum absolute atomic E-state index is 0.158. The zero-order chi connectivity index (χ0) is 17.5. The van der Waals surface area contributed by atoms with Crippen LogP contribution in [0.4, 0.5) is 0 Å². The van der Waals surface area contributed by atoms with Crippen LogP contribution in [0.5, 0.6) is 5.75 Å². The number of carbonyl (C=O) groups is 2. The normalized spacial score (nSPS) is 23.4. The molecular weight excluding hydrogens is 330 g/mol. The van der Waals surface area contributed by atoms with Crippen LogP contribution < -0.4 is 10.1 Å². The minimum atomic E-state index is -0.579. The van der Waals surface area contributed by atoms with E-state index in [0.29, 0.717) is 22.6 Å². The second kappa shape index (κ2) is 8.92. The van der Waals surface area contributed by atoms with E-state index < -0.39 is 5.97 Å². The van der Waals surface area contributed by atoms with Crippen LogP contribution in [-0.2, 0) is 14.3 Å². The van der Waals surface area contributed by atoms with Crippen LogP contribution in [0.15, 0.2) is 24.3 Å². The van der Waals surface area contributed by atoms with E-state index >= 15 is 0 Å². The van der Waals surface area contributed by atoms with E-state index in [1.807, 2.05) is 0 Å². The van der Waals surface area contributed by atoms with Crippen molar-refractivity contribution in [1.29, 1.82) is 0 Å². The summed E-state index contributed by atoms with van der Waals surface area (Å²) in [6.07, 6.45) is 3.29. The van der Waals surface area contributed by atoms with E-state index in [-0.39, 0.29) is 25.2 Å². The molecular formula is C18H24ClNO4. The Kier molecular flexibility index (Phi) is 6.91. The molecule has 2 rings (SSSR count). The van der Waals surface area contributed by atoms with Gasteiger partial charge in [0.15, 0.2) is 13.2 Å². The zero-order valence-electron chi connectivity index (χ0n) is 14.1. The fourth-order valence-corrected chi connectivity index (χ4v) is 3.02. The molecule has 1 aromatic carbocycles. The van der Waals surface area contributed by atoms with Gasteiger partial charge in [-0.3, -0.25) is 4.79 Å². The number of nitrogens with one attached hydrogen (secondary N) is 1. The van der Waals surface area contributed by atoms with Crippen molar-refractivity contribution in [3.05, 3.63) is 29.3 Å². The second-order valence-corrected chi connectivity index (χ2v) is 6.78. The first-order valence-corrected chi connectivity index (χ1v) is 8.67. The highest BCUT2D eigenvalue weighted by Gasteiger charge is 2.28. The van der Waals surface area contributed by atoms with Gasteiger partial charge in [-0.25, -0.2) is 4.79 Å². The first kappa shape index (κ1) is 18.6. The highest BCUT2D eigenvalue weighted by molar-refractivity contribution is 6.30. The Morgan fingerprint density at radius 2 is 1.88 bits per heavy atom. The summed E-state index contributed by atoms with van der Waals surface area (Å²) in [7, 11) is 0. The topological polar surface area (TPSA) is 64.6 Å². The zero-order valence-corrected chi connectivity index (χ0v) is 14.8. The summed E-state index contributed by atoms with van der Waals surface area (Å²) in [5.74, 6) is 0.711. The van der Waals surface area contributed by atoms with E-state index in [1.54, 1.807) is 24.3 Å². The molecule has 1 aliphatic carbocycles. The van der Waals surface area contributed by atoms with Gasteiger partial charge in [-0.15, -0.1) is 0 Å². The summed E-state index contributed by atoms with van der Waals surface area (Å²) in [4.78, 5) is 23.6. The molecule has 0 heterocycles. The Morgan fingerprint density at radius 3 is 2.58 bits per heavy atom. The molecule has 0 aromatic heterocycles. The fourth-order valence-electron chi connectivity index (χ4n) is 2.89. The van der Waals surface area contributed by atoms with Gasteiger partial charge in [0.25, 0.3) is 5.91 Å². The van der Waals surface area contributed by atoms with Gasteiger partial charge in [-0.05, 0) is 42.5 Å². The lowest BCUT2D eigenvalue weighted by molar-refractivity contribution is -0.150. The van der Waals surface area contributed by atoms with Crippen molar-refractivity contribution in [3.8, 4) is 5.75 Å². The molecule has 1 fully saturated rings. The van der Waals surface area contributed by atoms with E-state index in [1.165, 1.54) is 6.42 Å². The van der Waals surface area contributed by atoms with Crippen molar-refractivity contribution in [1.82, 2.24) is 5.32 Å². The maximum Gasteiger partial charge on any atom is 0.344 e. The number of esters is 1. The highest BCUT2D eigenvalue weighted by atomic mass is 35.5. The van der Waals surface area contributed by atoms with Crippen molar-refractivity contribution in [2.45, 2.75) is 39.2 Å². The molecule has 5 nitrogen and oxygen atoms in total. The molecule has 24 heavy (non-hydrogen) atoms. The van der Waals surface area contributed by atoms with Crippen LogP contribution in [0.1, 0.15) is 33.1 Å². The lowest BCUT2D eigenvalue weighted by Crippen LogP contribution is -2.45. The molecule has 1 aromatic rings. The smallest absolute Gasteiger partial charge is 0.344 e. The third-order valence-corrected chi connectivity index (χ3v) is 4.84. The van der Waals surface area contributed by atoms with E-state index in [9.17, 15) is 9.59 Å². The summed E-state index contributed by atoms with van der Waals surface area (Å²) in [6.45, 7) is 3.84. The minimum Gasteiger partial charge on any atom is -0.482 e. The van der Waals surface area contributed by atoms with Gasteiger partial charge in [0.1, 0.15) is 5.75 Å². The molecule has 3 atom stereocenters. The first-order valence-electron chi connectivity index (χ1n) is 8.29. The van der Waals surface area contributed by atoms with Crippen LogP contribution in [0, 0.1) is 11.8 Å². The van der Waals surface area contributed by atoms with Gasteiger partial charge < -0.3 is 14.8 Å². The summed E-state index contributed by atoms with van der Waals surface area (Å²) in [5.41, 5.74) is 0. The molecule has 1 N–H and O–H groups in total. The maximum atomic E-state index is 11.9. The molecule has 0 radical (unpaired) electrons. The Morgan fingerprint density at radius 1 is 1.17 bits per heavy atom. The molecule has 132 valence electrons. The van der Waals surface area contributed by atoms with Crippen molar-refractivity contribution in [2.75, 3.05) is 13.2 Å². The number of hydrogen-bond donors (Lipinski definition) is 1. The van der Waals surface area contributed by atoms with Gasteiger partial charge in [0.05, 0.1) is 0 Å². The Bertz CT molecular complexity index is 561. The predicted octanol–water partition coefficient (Wildman–Crippen LogP) is 3.20. The Balaban J connectivity index is 1.67. The molecule has 0 spiro atoms. The average molecular weight is 354 g/mol. The molecule has 0 unspecified atom stereocenters. The maximum absolute atomic E-state index is 11.9. The van der Waals surface area contributed by atoms with Crippen molar-refractivity contribution in [2.24, 2.45) is 11.8 Å². The first-order chi connectivity index (χ1) is 11.5. The highest BCUT2D eigenvalue weighted by Crippen LogP contribution is 2.29. The monoisotopic (exact) mass is 353 g/mol. The molecule has 0 saturated heterocycles. The van der Waals surface area contributed by atoms with Crippen molar-refractivity contribution in [3.63, 3.8) is 0 Å². The largest absolute Gasteiger partial charge is 0.482 e. The molecule has 1 aliphatic rings. The van der Waals surface area contributed by atoms with E-state index in [2.05, 4.69) is 19.2 Å². The van der Waals surface area contributed by atoms with Gasteiger partial charge in [0.2, 0.25) is 0 Å². The summed E-state index contributed by atoms with van der Waals surface area (Å²) < 4.78 is 10.2. The lowest BCUT2D eigenvalue weighted by Gasteiger charge is -2.34. The second-order valence-electron chi connectivity index (χ2n) is 6.34. The molecule has 1 amide bonds. The number of rotatable bonds is 6. The third kappa shape index (κ3) is 5.71. The molecule has 6 heteroatoms. The van der Waals surface area contributed by atoms with Crippen LogP contribution in [-0.4, -0.2) is 31.1 Å². The van der Waals surface area contributed by atoms with Gasteiger partial charge >= 0.3 is 5.97 Å². The number of hydrogen-bond acceptors (Lipinski definition) is 4. The number of halogens is 1. The van der Waals surface area contributed by atoms with Crippen LogP contribution in [0.3, 0.4) is 0 Å². The van der Waals surface area contributed by atoms with Crippen LogP contribution >= 0.6 is 11.6 Å². The summed E-state index contributed by atoms with van der Waals surface area (Å²) >= 11 is 5.77. The standard InChI is InChI=1S/C18H24ClNO4/c1-12-4-3-5-16(13(12)2)20-17(21)10-24-18(22)11-23-15-8-6-14(19)7-9-15/h6-9,12-13,16H,3-5,10-11H2,1-2H3,(H,20,21)/t12-,13+,16+/m0/s1. The van der Waals surface area contributed by atoms with Crippen LogP contribution in [0.25, 0.3) is 0 Å². The van der Waals surface area contributed by atoms with Gasteiger partial charge in [-0.2, -0.15) is 0 Å². The fraction of sp³-hybridized carbons (Fsp3) is 0.556. The Hall–Kier alpha value is -1.75. The SMILES string of the molecule is C[C@@H]1[C@@H](C)CCC[C@H]1NC(=O)COC(=O)COc1ccc(Cl)cc1. The van der Waals surface area contributed by atoms with Crippen LogP contribution in [0.2, 0.25) is 5.02 Å². The average Bonchev–Trinajstić information content (AvgIpc) is 2.56. The predicted molar refractivity (Wildman–Crippen MR) is 92.0 cm³/mol. The molecule has 0 bridgehead atoms. The summed E-state index contributed by atoms with van der Waals surface area (Å²) in [6, 6.07) is 6.82. The van der Waals surface area contributed by atoms with E-state index in [0.717, 1.165) is 12.8 Å². The van der Waals surface area contributed by atoms with Crippen molar-refractivity contribution >= 4 is 23.5 Å². The molecule has 0 aliphatic heterocycles. The van der Waals surface area contributed by atoms with Crippen molar-refractivity contribution < 1.29 is 19.1 Å². The molecule has 1 saturated carbocycles. The quantitative estimate of drug-likeness (QED) is 0.797.